The van der Waals surface area contributed by atoms with Crippen LogP contribution in [0.15, 0.2) is 43.7 Å². The van der Waals surface area contributed by atoms with Crippen LogP contribution in [-0.2, 0) is 4.74 Å². The first-order valence-corrected chi connectivity index (χ1v) is 9.00. The number of nitro benzene ring substituents is 1. The number of rotatable bonds is 5. The third-order valence-corrected chi connectivity index (χ3v) is 6.22. The van der Waals surface area contributed by atoms with Crippen LogP contribution in [0.4, 0.5) is 5.69 Å². The van der Waals surface area contributed by atoms with Gasteiger partial charge >= 0.3 is 5.97 Å². The summed E-state index contributed by atoms with van der Waals surface area (Å²) in [6.45, 7) is 1.74. The van der Waals surface area contributed by atoms with Gasteiger partial charge in [-0.05, 0) is 72.9 Å². The van der Waals surface area contributed by atoms with E-state index in [4.69, 9.17) is 9.47 Å². The maximum Gasteiger partial charge on any atom is 0.345 e. The number of hydrogen-bond donors (Lipinski definition) is 0. The molecule has 0 amide bonds. The van der Waals surface area contributed by atoms with E-state index in [1.54, 1.807) is 19.1 Å². The molecule has 0 bridgehead atoms. The van der Waals surface area contributed by atoms with E-state index >= 15 is 0 Å². The molecule has 24 heavy (non-hydrogen) atoms. The van der Waals surface area contributed by atoms with Crippen LogP contribution in [0, 0.1) is 10.1 Å². The molecule has 0 unspecified atom stereocenters. The summed E-state index contributed by atoms with van der Waals surface area (Å²) in [5.41, 5.74) is -0.497. The highest BCUT2D eigenvalue weighted by Gasteiger charge is 2.22. The number of carbonyl (C=O) groups excluding carboxylic acids is 1. The molecule has 0 heterocycles. The van der Waals surface area contributed by atoms with E-state index in [1.165, 1.54) is 18.2 Å². The Morgan fingerprint density at radius 3 is 2.50 bits per heavy atom. The molecule has 0 aliphatic heterocycles. The number of esters is 1. The number of carbonyl (C=O) groups is 1. The number of halogens is 3. The predicted molar refractivity (Wildman–Crippen MR) is 98.7 cm³/mol. The fraction of sp³-hybridized carbons (Fsp3) is 0.133. The summed E-state index contributed by atoms with van der Waals surface area (Å²) in [5.74, 6) is -0.0157. The minimum Gasteiger partial charge on any atom is -0.462 e. The number of nitrogens with zero attached hydrogens (tertiary/aromatic N) is 1. The third kappa shape index (κ3) is 4.14. The molecule has 0 spiro atoms. The molecule has 2 aromatic carbocycles. The lowest BCUT2D eigenvalue weighted by atomic mass is 10.1. The fourth-order valence-electron chi connectivity index (χ4n) is 1.82. The standard InChI is InChI=1S/C15H10Br3NO5/c1-2-23-15(20)9-7-8(3-5-11(9)19(21)22)24-12-6-4-10(16)13(17)14(12)18/h3-7H,2H2,1H3. The monoisotopic (exact) mass is 521 g/mol. The number of ether oxygens (including phenoxy) is 2. The summed E-state index contributed by atoms with van der Waals surface area (Å²) in [6, 6.07) is 7.41. The van der Waals surface area contributed by atoms with Gasteiger partial charge in [-0.1, -0.05) is 0 Å². The molecule has 0 aromatic heterocycles. The molecule has 0 atom stereocenters. The van der Waals surface area contributed by atoms with Gasteiger partial charge in [0.05, 0.1) is 16.0 Å². The second-order valence-electron chi connectivity index (χ2n) is 4.43. The van der Waals surface area contributed by atoms with Gasteiger partial charge in [0.15, 0.2) is 0 Å². The van der Waals surface area contributed by atoms with Crippen molar-refractivity contribution in [1.29, 1.82) is 0 Å². The van der Waals surface area contributed by atoms with Crippen LogP contribution in [0.3, 0.4) is 0 Å². The quantitative estimate of drug-likeness (QED) is 0.212. The van der Waals surface area contributed by atoms with Gasteiger partial charge in [0.1, 0.15) is 17.1 Å². The van der Waals surface area contributed by atoms with E-state index in [-0.39, 0.29) is 23.6 Å². The summed E-state index contributed by atoms with van der Waals surface area (Å²) < 4.78 is 12.8. The van der Waals surface area contributed by atoms with Crippen molar-refractivity contribution in [2.24, 2.45) is 0 Å². The van der Waals surface area contributed by atoms with E-state index < -0.39 is 10.9 Å². The highest BCUT2D eigenvalue weighted by Crippen LogP contribution is 2.40. The van der Waals surface area contributed by atoms with Crippen molar-refractivity contribution in [1.82, 2.24) is 0 Å². The van der Waals surface area contributed by atoms with Gasteiger partial charge in [-0.25, -0.2) is 4.79 Å². The Balaban J connectivity index is 2.42. The van der Waals surface area contributed by atoms with Crippen LogP contribution >= 0.6 is 47.8 Å². The van der Waals surface area contributed by atoms with Gasteiger partial charge in [0, 0.05) is 21.1 Å². The average molecular weight is 524 g/mol. The first kappa shape index (κ1) is 18.9. The van der Waals surface area contributed by atoms with E-state index in [1.807, 2.05) is 0 Å². The van der Waals surface area contributed by atoms with Crippen LogP contribution in [-0.4, -0.2) is 17.5 Å². The second-order valence-corrected chi connectivity index (χ2v) is 6.87. The zero-order valence-corrected chi connectivity index (χ0v) is 17.0. The van der Waals surface area contributed by atoms with Crippen molar-refractivity contribution in [2.45, 2.75) is 6.92 Å². The molecule has 0 radical (unpaired) electrons. The van der Waals surface area contributed by atoms with Gasteiger partial charge in [-0.2, -0.15) is 0 Å². The third-order valence-electron chi connectivity index (χ3n) is 2.89. The molecule has 0 fully saturated rings. The maximum atomic E-state index is 11.9. The van der Waals surface area contributed by atoms with Gasteiger partial charge in [-0.15, -0.1) is 0 Å². The van der Waals surface area contributed by atoms with E-state index in [0.29, 0.717) is 10.2 Å². The van der Waals surface area contributed by atoms with Crippen LogP contribution in [0.2, 0.25) is 0 Å². The lowest BCUT2D eigenvalue weighted by Crippen LogP contribution is -2.08. The smallest absolute Gasteiger partial charge is 0.345 e. The first-order chi connectivity index (χ1) is 11.3. The number of benzene rings is 2. The summed E-state index contributed by atoms with van der Waals surface area (Å²) in [6.07, 6.45) is 0. The molecule has 0 aliphatic carbocycles. The molecule has 0 aliphatic rings. The second kappa shape index (κ2) is 8.09. The molecule has 126 valence electrons. The minimum absolute atomic E-state index is 0.117. The van der Waals surface area contributed by atoms with Crippen LogP contribution < -0.4 is 4.74 Å². The van der Waals surface area contributed by atoms with Crippen molar-refractivity contribution in [3.8, 4) is 11.5 Å². The maximum absolute atomic E-state index is 11.9. The summed E-state index contributed by atoms with van der Waals surface area (Å²) in [5, 5.41) is 11.1. The Morgan fingerprint density at radius 1 is 1.17 bits per heavy atom. The lowest BCUT2D eigenvalue weighted by molar-refractivity contribution is -0.385. The Bertz CT molecular complexity index is 810. The molecule has 0 saturated heterocycles. The van der Waals surface area contributed by atoms with Gasteiger partial charge < -0.3 is 9.47 Å². The van der Waals surface area contributed by atoms with E-state index in [0.717, 1.165) is 8.95 Å². The van der Waals surface area contributed by atoms with Crippen LogP contribution in [0.25, 0.3) is 0 Å². The molecular weight excluding hydrogens is 514 g/mol. The Hall–Kier alpha value is -1.45. The van der Waals surface area contributed by atoms with Gasteiger partial charge in [0.2, 0.25) is 0 Å². The highest BCUT2D eigenvalue weighted by molar-refractivity contribution is 9.14. The Kier molecular flexibility index (Phi) is 6.36. The van der Waals surface area contributed by atoms with E-state index in [9.17, 15) is 14.9 Å². The minimum atomic E-state index is -0.772. The normalized spacial score (nSPS) is 10.3. The summed E-state index contributed by atoms with van der Waals surface area (Å²) >= 11 is 10.2. The van der Waals surface area contributed by atoms with Crippen LogP contribution in [0.1, 0.15) is 17.3 Å². The number of nitro groups is 1. The highest BCUT2D eigenvalue weighted by atomic mass is 79.9. The molecule has 9 heteroatoms. The van der Waals surface area contributed by atoms with Gasteiger partial charge in [-0.3, -0.25) is 10.1 Å². The summed E-state index contributed by atoms with van der Waals surface area (Å²) in [7, 11) is 0. The van der Waals surface area contributed by atoms with Crippen molar-refractivity contribution < 1.29 is 19.2 Å². The largest absolute Gasteiger partial charge is 0.462 e. The molecule has 0 N–H and O–H groups in total. The SMILES string of the molecule is CCOC(=O)c1cc(Oc2ccc(Br)c(Br)c2Br)ccc1[N+](=O)[O-]. The predicted octanol–water partition coefficient (Wildman–Crippen LogP) is 5.85. The lowest BCUT2D eigenvalue weighted by Gasteiger charge is -2.11. The van der Waals surface area contributed by atoms with Crippen LogP contribution in [0.5, 0.6) is 11.5 Å². The van der Waals surface area contributed by atoms with Crippen molar-refractivity contribution >= 4 is 59.4 Å². The summed E-state index contributed by atoms with van der Waals surface area (Å²) in [4.78, 5) is 22.4. The Labute approximate surface area is 162 Å². The average Bonchev–Trinajstić information content (AvgIpc) is 2.55. The topological polar surface area (TPSA) is 78.7 Å². The van der Waals surface area contributed by atoms with Crippen molar-refractivity contribution in [2.75, 3.05) is 6.61 Å². The first-order valence-electron chi connectivity index (χ1n) is 6.62. The van der Waals surface area contributed by atoms with Gasteiger partial charge in [0.25, 0.3) is 5.69 Å². The molecule has 2 rings (SSSR count). The zero-order chi connectivity index (χ0) is 17.9. The number of hydrogen-bond acceptors (Lipinski definition) is 5. The fourth-order valence-corrected chi connectivity index (χ4v) is 3.17. The Morgan fingerprint density at radius 2 is 1.88 bits per heavy atom. The molecule has 0 saturated carbocycles. The van der Waals surface area contributed by atoms with Crippen molar-refractivity contribution in [3.05, 3.63) is 59.4 Å². The molecule has 6 nitrogen and oxygen atoms in total. The van der Waals surface area contributed by atoms with Crippen molar-refractivity contribution in [3.63, 3.8) is 0 Å². The molecular formula is C15H10Br3NO5. The van der Waals surface area contributed by atoms with E-state index in [2.05, 4.69) is 47.8 Å². The zero-order valence-electron chi connectivity index (χ0n) is 12.2. The molecule has 2 aromatic rings.